The number of hydrogen-bond acceptors (Lipinski definition) is 4. The summed E-state index contributed by atoms with van der Waals surface area (Å²) >= 11 is 0. The molecule has 1 N–H and O–H groups in total. The van der Waals surface area contributed by atoms with Gasteiger partial charge in [0.15, 0.2) is 5.79 Å². The van der Waals surface area contributed by atoms with Gasteiger partial charge in [0.1, 0.15) is 11.7 Å². The van der Waals surface area contributed by atoms with Gasteiger partial charge in [-0.15, -0.1) is 0 Å². The first kappa shape index (κ1) is 23.6. The third-order valence-corrected chi connectivity index (χ3v) is 12.1. The van der Waals surface area contributed by atoms with Gasteiger partial charge in [0.25, 0.3) is 8.32 Å². The molecule has 2 fully saturated rings. The van der Waals surface area contributed by atoms with Crippen molar-refractivity contribution < 1.29 is 19.0 Å². The molecule has 1 saturated carbocycles. The zero-order chi connectivity index (χ0) is 22.9. The standard InChI is InChI=1S/C27H38O4Si/c1-25(2,3)32(22-14-8-5-9-15-22,23-16-10-6-11-17-23)30-21-26(4,28)24-20-29-27(31-24)18-12-7-13-19-27/h5-6,8-11,14-17,24,28H,7,12-13,18-21H2,1-4H3/t24-,26-/m0/s1. The highest BCUT2D eigenvalue weighted by atomic mass is 28.4. The minimum absolute atomic E-state index is 0.136. The lowest BCUT2D eigenvalue weighted by atomic mass is 9.94. The van der Waals surface area contributed by atoms with E-state index in [1.165, 1.54) is 16.8 Å². The molecule has 2 aromatic carbocycles. The Balaban J connectivity index is 1.63. The van der Waals surface area contributed by atoms with E-state index in [1.807, 2.05) is 19.1 Å². The molecule has 2 atom stereocenters. The van der Waals surface area contributed by atoms with Crippen LogP contribution in [0, 0.1) is 0 Å². The minimum Gasteiger partial charge on any atom is -0.404 e. The molecule has 4 rings (SSSR count). The second-order valence-corrected chi connectivity index (χ2v) is 15.0. The second-order valence-electron chi connectivity index (χ2n) is 10.7. The molecule has 1 saturated heterocycles. The Morgan fingerprint density at radius 2 is 1.44 bits per heavy atom. The van der Waals surface area contributed by atoms with Gasteiger partial charge < -0.3 is 19.0 Å². The van der Waals surface area contributed by atoms with Crippen LogP contribution in [0.15, 0.2) is 60.7 Å². The van der Waals surface area contributed by atoms with Gasteiger partial charge in [-0.2, -0.15) is 0 Å². The summed E-state index contributed by atoms with van der Waals surface area (Å²) in [5, 5.41) is 13.8. The first-order valence-corrected chi connectivity index (χ1v) is 13.9. The van der Waals surface area contributed by atoms with Crippen molar-refractivity contribution in [2.45, 2.75) is 82.3 Å². The number of aliphatic hydroxyl groups is 1. The Kier molecular flexibility index (Phi) is 6.68. The summed E-state index contributed by atoms with van der Waals surface area (Å²) in [5.74, 6) is -0.510. The van der Waals surface area contributed by atoms with Crippen LogP contribution in [0.5, 0.6) is 0 Å². The molecular weight excluding hydrogens is 416 g/mol. The maximum absolute atomic E-state index is 11.5. The molecule has 4 nitrogen and oxygen atoms in total. The van der Waals surface area contributed by atoms with Gasteiger partial charge in [-0.05, 0) is 35.2 Å². The number of benzene rings is 2. The van der Waals surface area contributed by atoms with Crippen molar-refractivity contribution in [2.24, 2.45) is 0 Å². The molecule has 1 heterocycles. The number of hydrogen-bond donors (Lipinski definition) is 1. The fraction of sp³-hybridized carbons (Fsp3) is 0.556. The molecule has 1 spiro atoms. The molecule has 0 amide bonds. The molecule has 1 aliphatic heterocycles. The lowest BCUT2D eigenvalue weighted by Gasteiger charge is -2.45. The van der Waals surface area contributed by atoms with Gasteiger partial charge >= 0.3 is 0 Å². The van der Waals surface area contributed by atoms with Gasteiger partial charge in [0.05, 0.1) is 13.2 Å². The Morgan fingerprint density at radius 3 is 1.94 bits per heavy atom. The lowest BCUT2D eigenvalue weighted by molar-refractivity contribution is -0.208. The molecule has 1 aliphatic carbocycles. The quantitative estimate of drug-likeness (QED) is 0.658. The molecule has 0 unspecified atom stereocenters. The van der Waals surface area contributed by atoms with E-state index in [4.69, 9.17) is 13.9 Å². The van der Waals surface area contributed by atoms with E-state index in [9.17, 15) is 5.11 Å². The van der Waals surface area contributed by atoms with Crippen LogP contribution >= 0.6 is 0 Å². The molecule has 2 aromatic rings. The van der Waals surface area contributed by atoms with Crippen molar-refractivity contribution in [2.75, 3.05) is 13.2 Å². The van der Waals surface area contributed by atoms with Crippen LogP contribution in [-0.2, 0) is 13.9 Å². The summed E-state index contributed by atoms with van der Waals surface area (Å²) < 4.78 is 19.5. The van der Waals surface area contributed by atoms with Crippen molar-refractivity contribution in [3.8, 4) is 0 Å². The highest BCUT2D eigenvalue weighted by molar-refractivity contribution is 6.99. The molecule has 0 radical (unpaired) electrons. The predicted molar refractivity (Wildman–Crippen MR) is 131 cm³/mol. The molecule has 174 valence electrons. The monoisotopic (exact) mass is 454 g/mol. The smallest absolute Gasteiger partial charge is 0.261 e. The molecule has 0 aromatic heterocycles. The van der Waals surface area contributed by atoms with Crippen LogP contribution in [0.4, 0.5) is 0 Å². The normalized spacial score (nSPS) is 23.2. The van der Waals surface area contributed by atoms with Crippen LogP contribution in [-0.4, -0.2) is 44.1 Å². The van der Waals surface area contributed by atoms with Crippen molar-refractivity contribution in [1.29, 1.82) is 0 Å². The van der Waals surface area contributed by atoms with Crippen LogP contribution < -0.4 is 10.4 Å². The highest BCUT2D eigenvalue weighted by Gasteiger charge is 2.53. The van der Waals surface area contributed by atoms with E-state index in [2.05, 4.69) is 69.3 Å². The summed E-state index contributed by atoms with van der Waals surface area (Å²) in [7, 11) is -2.71. The summed E-state index contributed by atoms with van der Waals surface area (Å²) in [6.45, 7) is 9.20. The van der Waals surface area contributed by atoms with E-state index in [1.54, 1.807) is 0 Å². The molecule has 0 bridgehead atoms. The van der Waals surface area contributed by atoms with Crippen molar-refractivity contribution in [1.82, 2.24) is 0 Å². The maximum atomic E-state index is 11.5. The van der Waals surface area contributed by atoms with Crippen LogP contribution in [0.3, 0.4) is 0 Å². The van der Waals surface area contributed by atoms with Gasteiger partial charge in [-0.25, -0.2) is 0 Å². The van der Waals surface area contributed by atoms with Gasteiger partial charge in [0.2, 0.25) is 0 Å². The zero-order valence-electron chi connectivity index (χ0n) is 20.0. The third-order valence-electron chi connectivity index (χ3n) is 7.16. The van der Waals surface area contributed by atoms with E-state index < -0.39 is 19.7 Å². The minimum atomic E-state index is -2.71. The summed E-state index contributed by atoms with van der Waals surface area (Å²) in [4.78, 5) is 0. The number of rotatable bonds is 6. The molecule has 32 heavy (non-hydrogen) atoms. The van der Waals surface area contributed by atoms with Gasteiger partial charge in [-0.3, -0.25) is 0 Å². The summed E-state index contributed by atoms with van der Waals surface area (Å²) in [5.41, 5.74) is -1.14. The van der Waals surface area contributed by atoms with E-state index in [0.29, 0.717) is 6.61 Å². The fourth-order valence-corrected chi connectivity index (χ4v) is 9.99. The van der Waals surface area contributed by atoms with E-state index in [0.717, 1.165) is 25.7 Å². The van der Waals surface area contributed by atoms with E-state index >= 15 is 0 Å². The second kappa shape index (κ2) is 9.03. The van der Waals surface area contributed by atoms with Crippen molar-refractivity contribution in [3.05, 3.63) is 60.7 Å². The fourth-order valence-electron chi connectivity index (χ4n) is 5.32. The third kappa shape index (κ3) is 4.46. The average Bonchev–Trinajstić information content (AvgIpc) is 3.19. The highest BCUT2D eigenvalue weighted by Crippen LogP contribution is 2.41. The summed E-state index contributed by atoms with van der Waals surface area (Å²) in [6, 6.07) is 21.1. The topological polar surface area (TPSA) is 47.9 Å². The number of ether oxygens (including phenoxy) is 2. The molecular formula is C27H38O4Si. The zero-order valence-corrected chi connectivity index (χ0v) is 21.0. The predicted octanol–water partition coefficient (Wildman–Crippen LogP) is 4.39. The first-order valence-electron chi connectivity index (χ1n) is 12.0. The van der Waals surface area contributed by atoms with E-state index in [-0.39, 0.29) is 17.7 Å². The van der Waals surface area contributed by atoms with Gasteiger partial charge in [-0.1, -0.05) is 87.9 Å². The van der Waals surface area contributed by atoms with Gasteiger partial charge in [0, 0.05) is 12.8 Å². The van der Waals surface area contributed by atoms with Crippen molar-refractivity contribution in [3.63, 3.8) is 0 Å². The first-order chi connectivity index (χ1) is 15.2. The Labute approximate surface area is 194 Å². The van der Waals surface area contributed by atoms with Crippen LogP contribution in [0.2, 0.25) is 5.04 Å². The summed E-state index contributed by atoms with van der Waals surface area (Å²) in [6.07, 6.45) is 4.90. The SMILES string of the molecule is CC(C)(C)[Si](OC[C@](C)(O)[C@@H]1COC2(CCCCC2)O1)(c1ccccc1)c1ccccc1. The van der Waals surface area contributed by atoms with Crippen LogP contribution in [0.1, 0.15) is 59.8 Å². The lowest BCUT2D eigenvalue weighted by Crippen LogP contribution is -2.68. The Bertz CT molecular complexity index is 830. The molecule has 2 aliphatic rings. The van der Waals surface area contributed by atoms with Crippen molar-refractivity contribution >= 4 is 18.7 Å². The molecule has 5 heteroatoms. The average molecular weight is 455 g/mol. The Morgan fingerprint density at radius 1 is 0.906 bits per heavy atom. The van der Waals surface area contributed by atoms with Crippen LogP contribution in [0.25, 0.3) is 0 Å². The largest absolute Gasteiger partial charge is 0.404 e. The Hall–Kier alpha value is -1.50. The maximum Gasteiger partial charge on any atom is 0.261 e.